The Bertz CT molecular complexity index is 600. The minimum absolute atomic E-state index is 0.0353. The number of aliphatic carboxylic acids is 1. The molecule has 0 aromatic heterocycles. The van der Waals surface area contributed by atoms with Gasteiger partial charge in [0.25, 0.3) is 0 Å². The van der Waals surface area contributed by atoms with Crippen LogP contribution in [0.25, 0.3) is 0 Å². The van der Waals surface area contributed by atoms with Crippen molar-refractivity contribution in [3.63, 3.8) is 0 Å². The first kappa shape index (κ1) is 16.0. The van der Waals surface area contributed by atoms with E-state index in [1.54, 1.807) is 4.90 Å². The number of nitrogens with zero attached hydrogens (tertiary/aromatic N) is 1. The fourth-order valence-corrected chi connectivity index (χ4v) is 3.70. The van der Waals surface area contributed by atoms with Gasteiger partial charge in [0.05, 0.1) is 12.6 Å². The lowest BCUT2D eigenvalue weighted by Crippen LogP contribution is -2.52. The quantitative estimate of drug-likeness (QED) is 0.928. The summed E-state index contributed by atoms with van der Waals surface area (Å²) in [7, 11) is 0. The smallest absolute Gasteiger partial charge is 0.334 e. The molecular formula is C18H23NO4. The summed E-state index contributed by atoms with van der Waals surface area (Å²) in [6.07, 6.45) is 2.50. The maximum atomic E-state index is 12.7. The van der Waals surface area contributed by atoms with E-state index in [0.29, 0.717) is 13.0 Å². The second kappa shape index (κ2) is 6.71. The van der Waals surface area contributed by atoms with Gasteiger partial charge in [0, 0.05) is 13.0 Å². The van der Waals surface area contributed by atoms with Crippen molar-refractivity contribution in [1.82, 2.24) is 4.90 Å². The van der Waals surface area contributed by atoms with Crippen molar-refractivity contribution in [2.75, 3.05) is 13.1 Å². The van der Waals surface area contributed by atoms with Crippen LogP contribution in [-0.2, 0) is 20.7 Å². The number of hydrogen-bond donors (Lipinski definition) is 1. The maximum Gasteiger partial charge on any atom is 0.334 e. The molecule has 1 saturated heterocycles. The molecule has 0 saturated carbocycles. The van der Waals surface area contributed by atoms with E-state index in [9.17, 15) is 9.59 Å². The molecule has 23 heavy (non-hydrogen) atoms. The Hall–Kier alpha value is -1.88. The van der Waals surface area contributed by atoms with Gasteiger partial charge in [-0.15, -0.1) is 0 Å². The number of ether oxygens (including phenoxy) is 1. The van der Waals surface area contributed by atoms with Crippen molar-refractivity contribution in [2.24, 2.45) is 0 Å². The summed E-state index contributed by atoms with van der Waals surface area (Å²) in [6, 6.07) is 8.33. The number of carbonyl (C=O) groups excluding carboxylic acids is 1. The van der Waals surface area contributed by atoms with Gasteiger partial charge in [-0.25, -0.2) is 4.79 Å². The fraction of sp³-hybridized carbons (Fsp3) is 0.556. The molecule has 1 aromatic carbocycles. The van der Waals surface area contributed by atoms with Crippen molar-refractivity contribution in [2.45, 2.75) is 50.7 Å². The lowest BCUT2D eigenvalue weighted by atomic mass is 9.81. The zero-order chi connectivity index (χ0) is 16.4. The minimum atomic E-state index is -1.00. The third kappa shape index (κ3) is 3.55. The summed E-state index contributed by atoms with van der Waals surface area (Å²) in [5.41, 5.74) is 2.62. The lowest BCUT2D eigenvalue weighted by Gasteiger charge is -2.36. The summed E-state index contributed by atoms with van der Waals surface area (Å²) in [6.45, 7) is 2.43. The van der Waals surface area contributed by atoms with E-state index in [1.807, 2.05) is 19.1 Å². The first-order valence-corrected chi connectivity index (χ1v) is 8.28. The Labute approximate surface area is 136 Å². The summed E-state index contributed by atoms with van der Waals surface area (Å²) in [5.74, 6) is -0.723. The van der Waals surface area contributed by atoms with Crippen LogP contribution < -0.4 is 0 Å². The molecule has 1 heterocycles. The van der Waals surface area contributed by atoms with Crippen LogP contribution in [0.3, 0.4) is 0 Å². The normalized spacial score (nSPS) is 27.3. The highest BCUT2D eigenvalue weighted by Crippen LogP contribution is 2.34. The Morgan fingerprint density at radius 2 is 2.09 bits per heavy atom. The number of carboxylic acid groups (broad SMARTS) is 1. The summed E-state index contributed by atoms with van der Waals surface area (Å²) < 4.78 is 5.38. The molecule has 124 valence electrons. The maximum absolute atomic E-state index is 12.7. The highest BCUT2D eigenvalue weighted by atomic mass is 16.5. The number of carbonyl (C=O) groups is 2. The van der Waals surface area contributed by atoms with Gasteiger partial charge in [-0.3, -0.25) is 4.79 Å². The molecule has 0 bridgehead atoms. The third-order valence-corrected chi connectivity index (χ3v) is 4.80. The molecule has 3 rings (SSSR count). The van der Waals surface area contributed by atoms with E-state index < -0.39 is 12.1 Å². The van der Waals surface area contributed by atoms with Gasteiger partial charge in [-0.2, -0.15) is 0 Å². The van der Waals surface area contributed by atoms with Crippen LogP contribution in [0.4, 0.5) is 0 Å². The zero-order valence-corrected chi connectivity index (χ0v) is 13.4. The van der Waals surface area contributed by atoms with Gasteiger partial charge >= 0.3 is 5.97 Å². The van der Waals surface area contributed by atoms with Crippen molar-refractivity contribution in [3.05, 3.63) is 35.4 Å². The molecule has 1 aliphatic heterocycles. The number of amides is 1. The van der Waals surface area contributed by atoms with Crippen LogP contribution in [-0.4, -0.2) is 47.2 Å². The largest absolute Gasteiger partial charge is 0.479 e. The molecule has 1 fully saturated rings. The lowest BCUT2D eigenvalue weighted by molar-refractivity contribution is -0.166. The van der Waals surface area contributed by atoms with Gasteiger partial charge in [-0.05, 0) is 43.2 Å². The Kier molecular flexibility index (Phi) is 4.66. The van der Waals surface area contributed by atoms with E-state index in [2.05, 4.69) is 12.1 Å². The van der Waals surface area contributed by atoms with Crippen LogP contribution in [0, 0.1) is 0 Å². The molecule has 3 atom stereocenters. The second-order valence-electron chi connectivity index (χ2n) is 6.56. The van der Waals surface area contributed by atoms with Crippen LogP contribution in [0.2, 0.25) is 0 Å². The summed E-state index contributed by atoms with van der Waals surface area (Å²) >= 11 is 0. The molecule has 1 aliphatic carbocycles. The molecule has 0 spiro atoms. The molecule has 0 radical (unpaired) electrons. The van der Waals surface area contributed by atoms with Crippen LogP contribution in [0.1, 0.15) is 43.2 Å². The Balaban J connectivity index is 1.69. The minimum Gasteiger partial charge on any atom is -0.479 e. The van der Waals surface area contributed by atoms with Gasteiger partial charge in [0.15, 0.2) is 6.10 Å². The van der Waals surface area contributed by atoms with Crippen molar-refractivity contribution >= 4 is 11.9 Å². The fourth-order valence-electron chi connectivity index (χ4n) is 3.70. The van der Waals surface area contributed by atoms with Gasteiger partial charge in [-0.1, -0.05) is 24.3 Å². The predicted octanol–water partition coefficient (Wildman–Crippen LogP) is 2.20. The molecule has 1 N–H and O–H groups in total. The third-order valence-electron chi connectivity index (χ3n) is 4.80. The van der Waals surface area contributed by atoms with E-state index in [4.69, 9.17) is 9.84 Å². The topological polar surface area (TPSA) is 66.8 Å². The standard InChI is InChI=1S/C18H23NO4/c1-12-10-19(11-16(23-12)18(21)22)17(20)9-14-7-4-6-13-5-2-3-8-15(13)14/h2-3,5,8,12,14,16H,4,6-7,9-11H2,1H3,(H,21,22)/t12-,14?,16?/m1/s1. The zero-order valence-electron chi connectivity index (χ0n) is 13.4. The monoisotopic (exact) mass is 317 g/mol. The highest BCUT2D eigenvalue weighted by molar-refractivity contribution is 5.79. The second-order valence-corrected chi connectivity index (χ2v) is 6.56. The number of carboxylic acids is 1. The summed E-state index contributed by atoms with van der Waals surface area (Å²) in [4.78, 5) is 25.5. The Morgan fingerprint density at radius 3 is 2.87 bits per heavy atom. The molecule has 1 aromatic rings. The number of rotatable bonds is 3. The number of morpholine rings is 1. The van der Waals surface area contributed by atoms with E-state index in [1.165, 1.54) is 11.1 Å². The summed E-state index contributed by atoms with van der Waals surface area (Å²) in [5, 5.41) is 9.14. The molecule has 1 amide bonds. The van der Waals surface area contributed by atoms with E-state index in [0.717, 1.165) is 19.3 Å². The van der Waals surface area contributed by atoms with Crippen molar-refractivity contribution in [3.8, 4) is 0 Å². The van der Waals surface area contributed by atoms with Gasteiger partial charge < -0.3 is 14.7 Å². The molecular weight excluding hydrogens is 294 g/mol. The van der Waals surface area contributed by atoms with Crippen LogP contribution in [0.5, 0.6) is 0 Å². The number of hydrogen-bond acceptors (Lipinski definition) is 3. The first-order valence-electron chi connectivity index (χ1n) is 8.28. The molecule has 2 unspecified atom stereocenters. The first-order chi connectivity index (χ1) is 11.0. The molecule has 5 nitrogen and oxygen atoms in total. The van der Waals surface area contributed by atoms with E-state index >= 15 is 0 Å². The number of fused-ring (bicyclic) bond motifs is 1. The van der Waals surface area contributed by atoms with Gasteiger partial charge in [0.1, 0.15) is 0 Å². The van der Waals surface area contributed by atoms with Gasteiger partial charge in [0.2, 0.25) is 5.91 Å². The van der Waals surface area contributed by atoms with Crippen LogP contribution >= 0.6 is 0 Å². The number of aryl methyl sites for hydroxylation is 1. The average molecular weight is 317 g/mol. The average Bonchev–Trinajstić information content (AvgIpc) is 2.54. The van der Waals surface area contributed by atoms with Crippen molar-refractivity contribution in [1.29, 1.82) is 0 Å². The SMILES string of the molecule is C[C@@H]1CN(C(=O)CC2CCCc3ccccc32)CC(C(=O)O)O1. The Morgan fingerprint density at radius 1 is 1.30 bits per heavy atom. The highest BCUT2D eigenvalue weighted by Gasteiger charge is 2.33. The molecule has 2 aliphatic rings. The predicted molar refractivity (Wildman–Crippen MR) is 85.3 cm³/mol. The number of benzene rings is 1. The van der Waals surface area contributed by atoms with Crippen molar-refractivity contribution < 1.29 is 19.4 Å². The van der Waals surface area contributed by atoms with Crippen LogP contribution in [0.15, 0.2) is 24.3 Å². The molecule has 5 heteroatoms. The van der Waals surface area contributed by atoms with E-state index in [-0.39, 0.29) is 24.5 Å².